The molecule has 19 heavy (non-hydrogen) atoms. The Morgan fingerprint density at radius 1 is 1.26 bits per heavy atom. The molecule has 0 aliphatic carbocycles. The van der Waals surface area contributed by atoms with Crippen molar-refractivity contribution >= 4 is 37.5 Å². The second-order valence-corrected chi connectivity index (χ2v) is 5.23. The van der Waals surface area contributed by atoms with Gasteiger partial charge in [0.05, 0.1) is 11.0 Å². The fourth-order valence-electron chi connectivity index (χ4n) is 1.45. The fourth-order valence-corrected chi connectivity index (χ4v) is 2.11. The molecule has 0 radical (unpaired) electrons. The van der Waals surface area contributed by atoms with Crippen molar-refractivity contribution in [3.8, 4) is 11.8 Å². The van der Waals surface area contributed by atoms with Crippen LogP contribution < -0.4 is 10.1 Å². The molecule has 1 heterocycles. The van der Waals surface area contributed by atoms with E-state index in [1.54, 1.807) is 0 Å². The average molecular weight is 386 g/mol. The zero-order valence-corrected chi connectivity index (χ0v) is 13.0. The van der Waals surface area contributed by atoms with Crippen LogP contribution in [0.3, 0.4) is 0 Å². The van der Waals surface area contributed by atoms with Crippen LogP contribution in [-0.4, -0.2) is 6.61 Å². The average Bonchev–Trinajstić information content (AvgIpc) is 2.74. The molecule has 2 rings (SSSR count). The Labute approximate surface area is 127 Å². The van der Waals surface area contributed by atoms with Crippen LogP contribution in [-0.2, 0) is 6.54 Å². The molecule has 98 valence electrons. The van der Waals surface area contributed by atoms with Crippen LogP contribution in [0.1, 0.15) is 5.76 Å². The minimum atomic E-state index is 0.0568. The van der Waals surface area contributed by atoms with E-state index in [2.05, 4.69) is 37.2 Å². The Kier molecular flexibility index (Phi) is 4.88. The second-order valence-electron chi connectivity index (χ2n) is 3.66. The molecule has 1 aromatic carbocycles. The fraction of sp³-hybridized carbons (Fsp3) is 0.154. The number of nitrogens with one attached hydrogen (secondary N) is 1. The summed E-state index contributed by atoms with van der Waals surface area (Å²) in [5.74, 6) is 1.50. The lowest BCUT2D eigenvalue weighted by Gasteiger charge is -2.06. The highest BCUT2D eigenvalue weighted by Gasteiger charge is 2.05. The van der Waals surface area contributed by atoms with Gasteiger partial charge in [0.2, 0.25) is 0 Å². The highest BCUT2D eigenvalue weighted by Crippen LogP contribution is 2.27. The third-order valence-electron chi connectivity index (χ3n) is 2.32. The molecule has 4 nitrogen and oxygen atoms in total. The van der Waals surface area contributed by atoms with E-state index in [0.717, 1.165) is 15.9 Å². The van der Waals surface area contributed by atoms with E-state index in [1.807, 2.05) is 36.4 Å². The number of hydrogen-bond donors (Lipinski definition) is 1. The number of hydrogen-bond acceptors (Lipinski definition) is 4. The normalized spacial score (nSPS) is 9.95. The van der Waals surface area contributed by atoms with Crippen LogP contribution in [0.4, 0.5) is 5.69 Å². The molecule has 0 aliphatic heterocycles. The van der Waals surface area contributed by atoms with Gasteiger partial charge in [-0.15, -0.1) is 0 Å². The van der Waals surface area contributed by atoms with Crippen molar-refractivity contribution in [1.82, 2.24) is 0 Å². The van der Waals surface area contributed by atoms with Crippen LogP contribution in [0.25, 0.3) is 0 Å². The molecular weight excluding hydrogens is 376 g/mol. The minimum absolute atomic E-state index is 0.0568. The van der Waals surface area contributed by atoms with E-state index < -0.39 is 0 Å². The smallest absolute Gasteiger partial charge is 0.183 e. The summed E-state index contributed by atoms with van der Waals surface area (Å²) in [4.78, 5) is 0. The Hall–Kier alpha value is -1.45. The van der Waals surface area contributed by atoms with Gasteiger partial charge in [-0.2, -0.15) is 5.26 Å². The summed E-state index contributed by atoms with van der Waals surface area (Å²) < 4.78 is 12.2. The number of nitriles is 1. The van der Waals surface area contributed by atoms with Gasteiger partial charge in [-0.3, -0.25) is 0 Å². The lowest BCUT2D eigenvalue weighted by Crippen LogP contribution is -1.98. The monoisotopic (exact) mass is 384 g/mol. The Balaban J connectivity index is 1.91. The second kappa shape index (κ2) is 6.64. The van der Waals surface area contributed by atoms with Gasteiger partial charge < -0.3 is 14.5 Å². The van der Waals surface area contributed by atoms with Gasteiger partial charge in [-0.1, -0.05) is 0 Å². The number of nitrogens with zero attached hydrogens (tertiary/aromatic N) is 1. The van der Waals surface area contributed by atoms with E-state index in [1.165, 1.54) is 0 Å². The Morgan fingerprint density at radius 2 is 2.00 bits per heavy atom. The molecule has 2 aromatic rings. The molecule has 0 atom stereocenters. The van der Waals surface area contributed by atoms with Crippen LogP contribution in [0, 0.1) is 11.3 Å². The highest BCUT2D eigenvalue weighted by molar-refractivity contribution is 9.13. The maximum Gasteiger partial charge on any atom is 0.183 e. The third kappa shape index (κ3) is 4.01. The number of furan rings is 1. The van der Waals surface area contributed by atoms with Crippen molar-refractivity contribution < 1.29 is 9.15 Å². The van der Waals surface area contributed by atoms with Crippen molar-refractivity contribution in [2.24, 2.45) is 0 Å². The molecule has 0 fully saturated rings. The molecule has 0 saturated carbocycles. The van der Waals surface area contributed by atoms with Crippen LogP contribution >= 0.6 is 31.9 Å². The molecule has 0 aliphatic rings. The lowest BCUT2D eigenvalue weighted by molar-refractivity contribution is 0.368. The van der Waals surface area contributed by atoms with Gasteiger partial charge >= 0.3 is 0 Å². The molecule has 0 unspecified atom stereocenters. The zero-order chi connectivity index (χ0) is 13.7. The summed E-state index contributed by atoms with van der Waals surface area (Å²) in [6.45, 7) is 0.643. The van der Waals surface area contributed by atoms with Crippen molar-refractivity contribution in [2.75, 3.05) is 11.9 Å². The SMILES string of the molecule is N#CCOc1ccc(NCc2cc(Br)c(Br)o2)cc1. The van der Waals surface area contributed by atoms with Gasteiger partial charge in [0, 0.05) is 5.69 Å². The zero-order valence-electron chi connectivity index (χ0n) is 9.82. The predicted molar refractivity (Wildman–Crippen MR) is 79.0 cm³/mol. The van der Waals surface area contributed by atoms with E-state index in [4.69, 9.17) is 14.4 Å². The summed E-state index contributed by atoms with van der Waals surface area (Å²) in [6, 6.07) is 11.2. The van der Waals surface area contributed by atoms with E-state index in [-0.39, 0.29) is 6.61 Å². The number of anilines is 1. The Bertz CT molecular complexity index is 568. The van der Waals surface area contributed by atoms with Crippen LogP contribution in [0.5, 0.6) is 5.75 Å². The van der Waals surface area contributed by atoms with E-state index in [0.29, 0.717) is 17.0 Å². The maximum atomic E-state index is 8.41. The molecular formula is C13H10Br2N2O2. The van der Waals surface area contributed by atoms with Gasteiger partial charge in [-0.25, -0.2) is 0 Å². The molecule has 1 N–H and O–H groups in total. The van der Waals surface area contributed by atoms with E-state index in [9.17, 15) is 0 Å². The van der Waals surface area contributed by atoms with Crippen molar-refractivity contribution in [3.63, 3.8) is 0 Å². The highest BCUT2D eigenvalue weighted by atomic mass is 79.9. The third-order valence-corrected chi connectivity index (χ3v) is 4.03. The number of halogens is 2. The molecule has 0 bridgehead atoms. The first-order chi connectivity index (χ1) is 9.19. The topological polar surface area (TPSA) is 58.2 Å². The van der Waals surface area contributed by atoms with Gasteiger partial charge in [0.1, 0.15) is 17.6 Å². The van der Waals surface area contributed by atoms with Crippen molar-refractivity contribution in [2.45, 2.75) is 6.54 Å². The summed E-state index contributed by atoms with van der Waals surface area (Å²) in [7, 11) is 0. The maximum absolute atomic E-state index is 8.41. The van der Waals surface area contributed by atoms with Crippen LogP contribution in [0.2, 0.25) is 0 Å². The van der Waals surface area contributed by atoms with Crippen molar-refractivity contribution in [1.29, 1.82) is 5.26 Å². The first-order valence-corrected chi connectivity index (χ1v) is 7.05. The van der Waals surface area contributed by atoms with E-state index >= 15 is 0 Å². The lowest BCUT2D eigenvalue weighted by atomic mass is 10.3. The first kappa shape index (κ1) is 14.0. The van der Waals surface area contributed by atoms with Gasteiger partial charge in [0.15, 0.2) is 11.3 Å². The number of ether oxygens (including phenoxy) is 1. The Morgan fingerprint density at radius 3 is 2.58 bits per heavy atom. The number of rotatable bonds is 5. The molecule has 1 aromatic heterocycles. The van der Waals surface area contributed by atoms with Crippen molar-refractivity contribution in [3.05, 3.63) is 45.2 Å². The molecule has 0 spiro atoms. The quantitative estimate of drug-likeness (QED) is 0.832. The van der Waals surface area contributed by atoms with Gasteiger partial charge in [0.25, 0.3) is 0 Å². The number of benzene rings is 1. The standard InChI is InChI=1S/C13H10Br2N2O2/c14-12-7-11(19-13(12)15)8-17-9-1-3-10(4-2-9)18-6-5-16/h1-4,7,17H,6,8H2. The summed E-state index contributed by atoms with van der Waals surface area (Å²) in [6.07, 6.45) is 0. The summed E-state index contributed by atoms with van der Waals surface area (Å²) in [5.41, 5.74) is 0.952. The summed E-state index contributed by atoms with van der Waals surface area (Å²) >= 11 is 6.66. The molecule has 0 saturated heterocycles. The minimum Gasteiger partial charge on any atom is -0.479 e. The first-order valence-electron chi connectivity index (χ1n) is 5.46. The molecule has 6 heteroatoms. The largest absolute Gasteiger partial charge is 0.479 e. The predicted octanol–water partition coefficient (Wildman–Crippen LogP) is 4.32. The van der Waals surface area contributed by atoms with Gasteiger partial charge in [-0.05, 0) is 62.2 Å². The summed E-state index contributed by atoms with van der Waals surface area (Å²) in [5, 5.41) is 11.6. The van der Waals surface area contributed by atoms with Crippen LogP contribution in [0.15, 0.2) is 43.9 Å². The molecule has 0 amide bonds.